The summed E-state index contributed by atoms with van der Waals surface area (Å²) >= 11 is 0. The molecule has 0 amide bonds. The molecular formula is C23H48O3. The van der Waals surface area contributed by atoms with Gasteiger partial charge in [0.15, 0.2) is 5.79 Å². The van der Waals surface area contributed by atoms with E-state index in [-0.39, 0.29) is 0 Å². The van der Waals surface area contributed by atoms with Crippen molar-refractivity contribution < 1.29 is 14.9 Å². The molecule has 3 nitrogen and oxygen atoms in total. The highest BCUT2D eigenvalue weighted by atomic mass is 16.6. The zero-order valence-corrected chi connectivity index (χ0v) is 18.3. The van der Waals surface area contributed by atoms with Crippen LogP contribution < -0.4 is 0 Å². The Labute approximate surface area is 163 Å². The zero-order valence-electron chi connectivity index (χ0n) is 18.3. The predicted molar refractivity (Wildman–Crippen MR) is 112 cm³/mol. The molecule has 0 aromatic carbocycles. The lowest BCUT2D eigenvalue weighted by molar-refractivity contribution is -0.245. The lowest BCUT2D eigenvalue weighted by Gasteiger charge is -2.28. The van der Waals surface area contributed by atoms with Gasteiger partial charge in [-0.2, -0.15) is 0 Å². The summed E-state index contributed by atoms with van der Waals surface area (Å²) in [5.41, 5.74) is 0. The molecule has 158 valence electrons. The van der Waals surface area contributed by atoms with Gasteiger partial charge in [0.25, 0.3) is 0 Å². The van der Waals surface area contributed by atoms with E-state index in [4.69, 9.17) is 4.74 Å². The van der Waals surface area contributed by atoms with Crippen LogP contribution in [0.5, 0.6) is 0 Å². The van der Waals surface area contributed by atoms with Gasteiger partial charge < -0.3 is 14.9 Å². The van der Waals surface area contributed by atoms with Crippen LogP contribution in [0, 0.1) is 5.92 Å². The Bertz CT molecular complexity index is 289. The highest BCUT2D eigenvalue weighted by Gasteiger charge is 2.29. The Morgan fingerprint density at radius 3 is 1.50 bits per heavy atom. The fourth-order valence-electron chi connectivity index (χ4n) is 3.35. The van der Waals surface area contributed by atoms with Crippen molar-refractivity contribution in [2.75, 3.05) is 6.61 Å². The van der Waals surface area contributed by atoms with Crippen LogP contribution in [0.4, 0.5) is 0 Å². The van der Waals surface area contributed by atoms with Crippen LogP contribution in [-0.2, 0) is 4.74 Å². The van der Waals surface area contributed by atoms with E-state index in [1.54, 1.807) is 6.92 Å². The first-order valence-corrected chi connectivity index (χ1v) is 11.4. The van der Waals surface area contributed by atoms with E-state index >= 15 is 0 Å². The summed E-state index contributed by atoms with van der Waals surface area (Å²) in [4.78, 5) is 0. The Morgan fingerprint density at radius 1 is 0.731 bits per heavy atom. The lowest BCUT2D eigenvalue weighted by atomic mass is 10.0. The van der Waals surface area contributed by atoms with Gasteiger partial charge in [-0.1, -0.05) is 104 Å². The van der Waals surface area contributed by atoms with Crippen molar-refractivity contribution in [3.8, 4) is 0 Å². The predicted octanol–water partition coefficient (Wildman–Crippen LogP) is 6.60. The fraction of sp³-hybridized carbons (Fsp3) is 1.00. The van der Waals surface area contributed by atoms with Gasteiger partial charge in [-0.25, -0.2) is 0 Å². The van der Waals surface area contributed by atoms with Crippen LogP contribution in [0.3, 0.4) is 0 Å². The maximum atomic E-state index is 9.94. The Hall–Kier alpha value is -0.120. The molecule has 0 aromatic rings. The second kappa shape index (κ2) is 17.0. The van der Waals surface area contributed by atoms with E-state index in [0.717, 1.165) is 18.8 Å². The molecular weight excluding hydrogens is 324 g/mol. The highest BCUT2D eigenvalue weighted by Crippen LogP contribution is 2.17. The molecule has 0 aliphatic heterocycles. The van der Waals surface area contributed by atoms with Crippen molar-refractivity contribution in [3.05, 3.63) is 0 Å². The molecule has 0 spiro atoms. The molecule has 0 heterocycles. The molecule has 26 heavy (non-hydrogen) atoms. The van der Waals surface area contributed by atoms with Gasteiger partial charge in [-0.05, 0) is 25.7 Å². The van der Waals surface area contributed by atoms with Crippen molar-refractivity contribution in [1.82, 2.24) is 0 Å². The molecule has 0 saturated carbocycles. The Balaban J connectivity index is 3.20. The van der Waals surface area contributed by atoms with Crippen molar-refractivity contribution >= 4 is 0 Å². The zero-order chi connectivity index (χ0) is 19.7. The molecule has 0 bridgehead atoms. The molecule has 0 saturated heterocycles. The minimum Gasteiger partial charge on any atom is -0.388 e. The van der Waals surface area contributed by atoms with E-state index in [1.165, 1.54) is 77.0 Å². The van der Waals surface area contributed by atoms with Gasteiger partial charge in [0, 0.05) is 0 Å². The summed E-state index contributed by atoms with van der Waals surface area (Å²) in [5.74, 6) is -0.533. The van der Waals surface area contributed by atoms with Crippen molar-refractivity contribution in [2.24, 2.45) is 5.92 Å². The summed E-state index contributed by atoms with van der Waals surface area (Å²) in [5, 5.41) is 19.6. The summed E-state index contributed by atoms with van der Waals surface area (Å²) in [7, 11) is 0. The quantitative estimate of drug-likeness (QED) is 0.198. The first-order valence-electron chi connectivity index (χ1n) is 11.4. The van der Waals surface area contributed by atoms with E-state index in [9.17, 15) is 10.2 Å². The standard InChI is InChI=1S/C23H48O3/c1-5-22(24)23(4,25)26-20-18-16-14-12-10-8-6-7-9-11-13-15-17-19-21(2)3/h21-22,24-25H,5-20H2,1-4H3. The maximum absolute atomic E-state index is 9.94. The minimum absolute atomic E-state index is 0.505. The smallest absolute Gasteiger partial charge is 0.188 e. The van der Waals surface area contributed by atoms with Gasteiger partial charge in [-0.3, -0.25) is 0 Å². The molecule has 0 aliphatic carbocycles. The maximum Gasteiger partial charge on any atom is 0.188 e. The molecule has 0 rings (SSSR count). The first-order chi connectivity index (χ1) is 12.4. The molecule has 2 unspecified atom stereocenters. The second-order valence-corrected chi connectivity index (χ2v) is 8.61. The van der Waals surface area contributed by atoms with Crippen LogP contribution in [0.15, 0.2) is 0 Å². The molecule has 2 atom stereocenters. The number of rotatable bonds is 19. The van der Waals surface area contributed by atoms with E-state index in [2.05, 4.69) is 13.8 Å². The molecule has 0 radical (unpaired) electrons. The van der Waals surface area contributed by atoms with Crippen LogP contribution in [0.1, 0.15) is 124 Å². The number of hydrogen-bond donors (Lipinski definition) is 2. The van der Waals surface area contributed by atoms with Crippen molar-refractivity contribution in [2.45, 2.75) is 136 Å². The third kappa shape index (κ3) is 16.1. The Morgan fingerprint density at radius 2 is 1.12 bits per heavy atom. The number of aliphatic hydroxyl groups excluding tert-OH is 1. The summed E-state index contributed by atoms with van der Waals surface area (Å²) < 4.78 is 5.41. The van der Waals surface area contributed by atoms with Crippen LogP contribution >= 0.6 is 0 Å². The second-order valence-electron chi connectivity index (χ2n) is 8.61. The van der Waals surface area contributed by atoms with Crippen LogP contribution in [0.2, 0.25) is 0 Å². The summed E-state index contributed by atoms with van der Waals surface area (Å²) in [6, 6.07) is 0. The first kappa shape index (κ1) is 25.9. The van der Waals surface area contributed by atoms with Gasteiger partial charge in [0.1, 0.15) is 6.10 Å². The Kier molecular flexibility index (Phi) is 16.9. The largest absolute Gasteiger partial charge is 0.388 e. The lowest BCUT2D eigenvalue weighted by Crippen LogP contribution is -2.41. The van der Waals surface area contributed by atoms with Crippen molar-refractivity contribution in [3.63, 3.8) is 0 Å². The minimum atomic E-state index is -1.40. The highest BCUT2D eigenvalue weighted by molar-refractivity contribution is 4.70. The third-order valence-electron chi connectivity index (χ3n) is 5.33. The monoisotopic (exact) mass is 372 g/mol. The number of aliphatic hydroxyl groups is 2. The average Bonchev–Trinajstić information content (AvgIpc) is 2.60. The molecule has 0 aliphatic rings. The molecule has 3 heteroatoms. The van der Waals surface area contributed by atoms with E-state index < -0.39 is 11.9 Å². The number of hydrogen-bond acceptors (Lipinski definition) is 3. The van der Waals surface area contributed by atoms with Gasteiger partial charge in [-0.15, -0.1) is 0 Å². The fourth-order valence-corrected chi connectivity index (χ4v) is 3.35. The topological polar surface area (TPSA) is 49.7 Å². The third-order valence-corrected chi connectivity index (χ3v) is 5.33. The molecule has 2 N–H and O–H groups in total. The normalized spacial score (nSPS) is 15.3. The summed E-state index contributed by atoms with van der Waals surface area (Å²) in [6.45, 7) is 8.55. The van der Waals surface area contributed by atoms with Gasteiger partial charge in [0.2, 0.25) is 0 Å². The molecule has 0 fully saturated rings. The van der Waals surface area contributed by atoms with E-state index in [1.807, 2.05) is 6.92 Å². The van der Waals surface area contributed by atoms with E-state index in [0.29, 0.717) is 13.0 Å². The number of ether oxygens (including phenoxy) is 1. The number of unbranched alkanes of at least 4 members (excludes halogenated alkanes) is 12. The van der Waals surface area contributed by atoms with Crippen LogP contribution in [-0.4, -0.2) is 28.7 Å². The SMILES string of the molecule is CCC(O)C(C)(O)OCCCCCCCCCCCCCCCC(C)C. The molecule has 0 aromatic heterocycles. The van der Waals surface area contributed by atoms with Crippen molar-refractivity contribution in [1.29, 1.82) is 0 Å². The van der Waals surface area contributed by atoms with Gasteiger partial charge in [0.05, 0.1) is 6.61 Å². The average molecular weight is 373 g/mol. The van der Waals surface area contributed by atoms with Crippen LogP contribution in [0.25, 0.3) is 0 Å². The van der Waals surface area contributed by atoms with Gasteiger partial charge >= 0.3 is 0 Å². The summed E-state index contributed by atoms with van der Waals surface area (Å²) in [6.07, 6.45) is 18.4.